The molecule has 4 heteroatoms. The third-order valence-corrected chi connectivity index (χ3v) is 12.9. The van der Waals surface area contributed by atoms with Gasteiger partial charge in [0.05, 0.1) is 11.1 Å². The van der Waals surface area contributed by atoms with Crippen LogP contribution in [-0.4, -0.2) is 11.9 Å². The van der Waals surface area contributed by atoms with Gasteiger partial charge in [-0.05, 0) is 108 Å². The second-order valence-electron chi connectivity index (χ2n) is 17.8. The Hall–Kier alpha value is -6.26. The van der Waals surface area contributed by atoms with E-state index in [-0.39, 0.29) is 11.9 Å². The first-order valence-corrected chi connectivity index (χ1v) is 23.9. The number of carbonyl (C=O) groups is 2. The molecule has 8 rings (SSSR count). The molecule has 0 aliphatic carbocycles. The molecule has 0 fully saturated rings. The highest BCUT2D eigenvalue weighted by molar-refractivity contribution is 6.27. The van der Waals surface area contributed by atoms with Crippen molar-refractivity contribution in [1.82, 2.24) is 0 Å². The molecule has 0 aliphatic heterocycles. The number of carbonyl (C=O) groups excluding carboxylic acids is 2. The Labute approximate surface area is 379 Å². The van der Waals surface area contributed by atoms with Gasteiger partial charge >= 0.3 is 11.9 Å². The Kier molecular flexibility index (Phi) is 14.5. The van der Waals surface area contributed by atoms with Crippen molar-refractivity contribution < 1.29 is 19.1 Å². The summed E-state index contributed by atoms with van der Waals surface area (Å²) in [6.07, 6.45) is 16.6. The predicted molar refractivity (Wildman–Crippen MR) is 268 cm³/mol. The molecule has 0 aliphatic rings. The van der Waals surface area contributed by atoms with Crippen LogP contribution in [0.2, 0.25) is 0 Å². The molecule has 0 amide bonds. The van der Waals surface area contributed by atoms with Crippen LogP contribution in [0.5, 0.6) is 11.5 Å². The van der Waals surface area contributed by atoms with E-state index in [1.807, 2.05) is 74.5 Å². The van der Waals surface area contributed by atoms with Crippen LogP contribution in [0, 0.1) is 13.8 Å². The van der Waals surface area contributed by atoms with Gasteiger partial charge < -0.3 is 9.47 Å². The maximum atomic E-state index is 14.0. The van der Waals surface area contributed by atoms with Crippen molar-refractivity contribution in [2.75, 3.05) is 0 Å². The van der Waals surface area contributed by atoms with Crippen LogP contribution < -0.4 is 9.47 Å². The lowest BCUT2D eigenvalue weighted by Gasteiger charge is -2.22. The lowest BCUT2D eigenvalue weighted by molar-refractivity contribution is 0.0730. The summed E-state index contributed by atoms with van der Waals surface area (Å²) in [4.78, 5) is 28.0. The van der Waals surface area contributed by atoms with Crippen molar-refractivity contribution in [1.29, 1.82) is 0 Å². The number of hydrogen-bond donors (Lipinski definition) is 0. The molecule has 8 aromatic rings. The zero-order chi connectivity index (χ0) is 44.4. The third kappa shape index (κ3) is 9.92. The van der Waals surface area contributed by atoms with Gasteiger partial charge in [0, 0.05) is 21.5 Å². The Morgan fingerprint density at radius 1 is 0.375 bits per heavy atom. The summed E-state index contributed by atoms with van der Waals surface area (Å²) in [7, 11) is 0. The van der Waals surface area contributed by atoms with Crippen molar-refractivity contribution in [2.24, 2.45) is 0 Å². The van der Waals surface area contributed by atoms with Crippen LogP contribution >= 0.6 is 0 Å². The molecule has 0 heterocycles. The summed E-state index contributed by atoms with van der Waals surface area (Å²) < 4.78 is 13.0. The smallest absolute Gasteiger partial charge is 0.343 e. The minimum atomic E-state index is -0.384. The molecule has 0 N–H and O–H groups in total. The molecule has 4 nitrogen and oxygen atoms in total. The maximum Gasteiger partial charge on any atom is 0.343 e. The van der Waals surface area contributed by atoms with E-state index in [9.17, 15) is 9.59 Å². The number of rotatable bonds is 19. The minimum absolute atomic E-state index is 0.384. The summed E-state index contributed by atoms with van der Waals surface area (Å²) >= 11 is 0. The number of esters is 2. The van der Waals surface area contributed by atoms with Crippen LogP contribution in [0.3, 0.4) is 0 Å². The van der Waals surface area contributed by atoms with Crippen molar-refractivity contribution in [3.8, 4) is 22.6 Å². The maximum absolute atomic E-state index is 14.0. The molecular weight excluding hydrogens is 785 g/mol. The zero-order valence-corrected chi connectivity index (χ0v) is 38.2. The van der Waals surface area contributed by atoms with Gasteiger partial charge in [-0.15, -0.1) is 0 Å². The van der Waals surface area contributed by atoms with Crippen LogP contribution in [0.4, 0.5) is 0 Å². The number of fused-ring (bicyclic) bond motifs is 4. The van der Waals surface area contributed by atoms with Gasteiger partial charge in [-0.1, -0.05) is 198 Å². The molecule has 0 bridgehead atoms. The van der Waals surface area contributed by atoms with Crippen molar-refractivity contribution in [2.45, 2.75) is 118 Å². The van der Waals surface area contributed by atoms with Crippen LogP contribution in [0.1, 0.15) is 134 Å². The summed E-state index contributed by atoms with van der Waals surface area (Å²) in [5.74, 6) is 0.356. The monoisotopic (exact) mass is 846 g/mol. The molecule has 64 heavy (non-hydrogen) atoms. The SMILES string of the molecule is CCCCCCCCc1ccc2c(OC(=O)c3ccc(C)cc3)c3ccccc3c(-c3c4ccccc4c(OC(=O)c4ccc(C)cc4)c4ccc(CCCCCCCC)cc34)c2c1. The average Bonchev–Trinajstić information content (AvgIpc) is 3.32. The van der Waals surface area contributed by atoms with Gasteiger partial charge in [-0.3, -0.25) is 0 Å². The fourth-order valence-electron chi connectivity index (χ4n) is 9.34. The van der Waals surface area contributed by atoms with Gasteiger partial charge in [0.25, 0.3) is 0 Å². The van der Waals surface area contributed by atoms with E-state index in [2.05, 4.69) is 86.6 Å². The molecule has 0 saturated heterocycles. The van der Waals surface area contributed by atoms with E-state index in [0.717, 1.165) is 91.0 Å². The van der Waals surface area contributed by atoms with Crippen LogP contribution in [0.25, 0.3) is 54.2 Å². The van der Waals surface area contributed by atoms with E-state index < -0.39 is 0 Å². The molecule has 0 saturated carbocycles. The molecule has 0 radical (unpaired) electrons. The second-order valence-corrected chi connectivity index (χ2v) is 17.8. The number of aryl methyl sites for hydroxylation is 4. The van der Waals surface area contributed by atoms with Crippen LogP contribution in [0.15, 0.2) is 133 Å². The fourth-order valence-corrected chi connectivity index (χ4v) is 9.34. The van der Waals surface area contributed by atoms with E-state index in [0.29, 0.717) is 22.6 Å². The first kappa shape index (κ1) is 44.4. The predicted octanol–water partition coefficient (Wildman–Crippen LogP) is 16.8. The number of hydrogen-bond acceptors (Lipinski definition) is 4. The first-order chi connectivity index (χ1) is 31.3. The number of unbranched alkanes of at least 4 members (excludes halogenated alkanes) is 10. The Balaban J connectivity index is 1.36. The highest BCUT2D eigenvalue weighted by Crippen LogP contribution is 2.50. The van der Waals surface area contributed by atoms with Crippen molar-refractivity contribution >= 4 is 55.0 Å². The second kappa shape index (κ2) is 20.9. The molecule has 0 spiro atoms. The highest BCUT2D eigenvalue weighted by Gasteiger charge is 2.25. The topological polar surface area (TPSA) is 52.6 Å². The van der Waals surface area contributed by atoms with Crippen LogP contribution in [-0.2, 0) is 12.8 Å². The quantitative estimate of drug-likeness (QED) is 0.0352. The van der Waals surface area contributed by atoms with Gasteiger partial charge in [-0.25, -0.2) is 9.59 Å². The first-order valence-electron chi connectivity index (χ1n) is 23.9. The molecule has 326 valence electrons. The summed E-state index contributed by atoms with van der Waals surface area (Å²) in [6, 6.07) is 45.3. The lowest BCUT2D eigenvalue weighted by Crippen LogP contribution is -2.10. The van der Waals surface area contributed by atoms with E-state index in [1.54, 1.807) is 0 Å². The molecule has 0 atom stereocenters. The number of benzene rings is 8. The van der Waals surface area contributed by atoms with Gasteiger partial charge in [0.15, 0.2) is 0 Å². The summed E-state index contributed by atoms with van der Waals surface area (Å²) in [6.45, 7) is 8.56. The normalized spacial score (nSPS) is 11.5. The minimum Gasteiger partial charge on any atom is -0.422 e. The average molecular weight is 847 g/mol. The van der Waals surface area contributed by atoms with Gasteiger partial charge in [0.2, 0.25) is 0 Å². The standard InChI is InChI=1S/C60H62O4/c1-5-7-9-11-13-15-21-43-31-37-51-53(39-43)55(47-23-17-19-25-49(47)57(51)63-59(61)45-33-27-41(3)28-34-45)56-48-24-18-20-26-50(48)58(64-60(62)46-35-29-42(4)30-36-46)52-38-32-44(40-54(52)56)22-16-14-12-10-8-6-2/h17-20,23-40H,5-16,21-22H2,1-4H3. The van der Waals surface area contributed by atoms with Gasteiger partial charge in [-0.2, -0.15) is 0 Å². The molecule has 8 aromatic carbocycles. The molecule has 0 unspecified atom stereocenters. The Bertz CT molecular complexity index is 2700. The fraction of sp³-hybridized carbons (Fsp3) is 0.300. The largest absolute Gasteiger partial charge is 0.422 e. The zero-order valence-electron chi connectivity index (χ0n) is 38.2. The Morgan fingerprint density at radius 3 is 1.11 bits per heavy atom. The Morgan fingerprint density at radius 2 is 0.719 bits per heavy atom. The lowest BCUT2D eigenvalue weighted by atomic mass is 9.84. The highest BCUT2D eigenvalue weighted by atomic mass is 16.5. The summed E-state index contributed by atoms with van der Waals surface area (Å²) in [5.41, 5.74) is 7.88. The summed E-state index contributed by atoms with van der Waals surface area (Å²) in [5, 5.41) is 7.56. The van der Waals surface area contributed by atoms with Gasteiger partial charge in [0.1, 0.15) is 11.5 Å². The van der Waals surface area contributed by atoms with Crippen molar-refractivity contribution in [3.63, 3.8) is 0 Å². The third-order valence-electron chi connectivity index (χ3n) is 12.9. The van der Waals surface area contributed by atoms with E-state index in [1.165, 1.54) is 75.3 Å². The number of ether oxygens (including phenoxy) is 2. The van der Waals surface area contributed by atoms with E-state index in [4.69, 9.17) is 9.47 Å². The van der Waals surface area contributed by atoms with E-state index >= 15 is 0 Å². The van der Waals surface area contributed by atoms with Crippen molar-refractivity contribution in [3.05, 3.63) is 167 Å². The molecular formula is C60H62O4. The molecule has 0 aromatic heterocycles.